The average molecular weight is 337 g/mol. The number of piperidine rings is 1. The second kappa shape index (κ2) is 5.97. The smallest absolute Gasteiger partial charge is 0.259 e. The zero-order valence-corrected chi connectivity index (χ0v) is 13.7. The number of rotatable bonds is 4. The SMILES string of the molecule is NCCCc1ccc2c3c(cccc13)N(C1CCC(=O)NC1=O)C2=O. The van der Waals surface area contributed by atoms with Crippen LogP contribution >= 0.6 is 0 Å². The number of hydrogen-bond acceptors (Lipinski definition) is 4. The van der Waals surface area contributed by atoms with Crippen LogP contribution in [0.1, 0.15) is 35.2 Å². The molecule has 1 unspecified atom stereocenters. The van der Waals surface area contributed by atoms with Crippen molar-refractivity contribution in [1.29, 1.82) is 0 Å². The van der Waals surface area contributed by atoms with Gasteiger partial charge in [0, 0.05) is 17.4 Å². The van der Waals surface area contributed by atoms with Crippen molar-refractivity contribution in [3.63, 3.8) is 0 Å². The quantitative estimate of drug-likeness (QED) is 0.827. The summed E-state index contributed by atoms with van der Waals surface area (Å²) in [6, 6.07) is 8.96. The molecule has 6 nitrogen and oxygen atoms in total. The molecule has 1 saturated heterocycles. The van der Waals surface area contributed by atoms with Crippen molar-refractivity contribution >= 4 is 34.2 Å². The molecule has 0 bridgehead atoms. The topological polar surface area (TPSA) is 92.5 Å². The molecule has 0 spiro atoms. The third kappa shape index (κ3) is 2.41. The van der Waals surface area contributed by atoms with E-state index in [0.29, 0.717) is 18.5 Å². The highest BCUT2D eigenvalue weighted by atomic mass is 16.2. The Hall–Kier alpha value is -2.73. The van der Waals surface area contributed by atoms with Gasteiger partial charge in [-0.15, -0.1) is 0 Å². The summed E-state index contributed by atoms with van der Waals surface area (Å²) in [6.45, 7) is 0.615. The molecule has 0 aliphatic carbocycles. The van der Waals surface area contributed by atoms with Gasteiger partial charge in [-0.25, -0.2) is 0 Å². The van der Waals surface area contributed by atoms with Crippen molar-refractivity contribution in [3.8, 4) is 0 Å². The maximum atomic E-state index is 13.0. The minimum absolute atomic E-state index is 0.175. The molecule has 2 aliphatic heterocycles. The van der Waals surface area contributed by atoms with Crippen LogP contribution < -0.4 is 16.0 Å². The molecule has 25 heavy (non-hydrogen) atoms. The van der Waals surface area contributed by atoms with Crippen molar-refractivity contribution in [2.45, 2.75) is 31.7 Å². The first-order chi connectivity index (χ1) is 12.1. The van der Waals surface area contributed by atoms with Crippen molar-refractivity contribution in [2.75, 3.05) is 11.4 Å². The number of amides is 3. The molecule has 2 heterocycles. The Kier molecular flexibility index (Phi) is 3.77. The molecule has 1 fully saturated rings. The Bertz CT molecular complexity index is 906. The minimum atomic E-state index is -0.643. The van der Waals surface area contributed by atoms with Crippen LogP contribution in [0.25, 0.3) is 10.8 Å². The van der Waals surface area contributed by atoms with Crippen LogP contribution in [0.2, 0.25) is 0 Å². The third-order valence-corrected chi connectivity index (χ3v) is 4.99. The van der Waals surface area contributed by atoms with Gasteiger partial charge in [0.1, 0.15) is 6.04 Å². The van der Waals surface area contributed by atoms with Gasteiger partial charge in [0.15, 0.2) is 0 Å². The molecular weight excluding hydrogens is 318 g/mol. The van der Waals surface area contributed by atoms with E-state index in [1.54, 1.807) is 4.90 Å². The van der Waals surface area contributed by atoms with Gasteiger partial charge >= 0.3 is 0 Å². The van der Waals surface area contributed by atoms with Crippen LogP contribution in [0, 0.1) is 0 Å². The molecule has 2 aliphatic rings. The van der Waals surface area contributed by atoms with Gasteiger partial charge in [0.25, 0.3) is 5.91 Å². The number of nitrogens with one attached hydrogen (secondary N) is 1. The molecule has 6 heteroatoms. The van der Waals surface area contributed by atoms with Crippen molar-refractivity contribution < 1.29 is 14.4 Å². The molecule has 0 saturated carbocycles. The highest BCUT2D eigenvalue weighted by molar-refractivity contribution is 6.27. The van der Waals surface area contributed by atoms with E-state index in [1.165, 1.54) is 0 Å². The fourth-order valence-corrected chi connectivity index (χ4v) is 3.81. The summed E-state index contributed by atoms with van der Waals surface area (Å²) in [5.74, 6) is -0.864. The Morgan fingerprint density at radius 2 is 2.00 bits per heavy atom. The molecule has 3 amide bonds. The minimum Gasteiger partial charge on any atom is -0.330 e. The average Bonchev–Trinajstić information content (AvgIpc) is 2.89. The zero-order chi connectivity index (χ0) is 17.6. The molecule has 2 aromatic rings. The molecule has 0 radical (unpaired) electrons. The van der Waals surface area contributed by atoms with E-state index in [4.69, 9.17) is 5.73 Å². The summed E-state index contributed by atoms with van der Waals surface area (Å²) in [4.78, 5) is 38.2. The second-order valence-electron chi connectivity index (χ2n) is 6.51. The highest BCUT2D eigenvalue weighted by Gasteiger charge is 2.40. The predicted octanol–water partition coefficient (Wildman–Crippen LogP) is 1.50. The number of aryl methyl sites for hydroxylation is 1. The van der Waals surface area contributed by atoms with Crippen molar-refractivity contribution in [2.24, 2.45) is 5.73 Å². The first-order valence-corrected chi connectivity index (χ1v) is 8.53. The number of hydrogen-bond donors (Lipinski definition) is 2. The van der Waals surface area contributed by atoms with E-state index >= 15 is 0 Å². The van der Waals surface area contributed by atoms with Gasteiger partial charge in [-0.05, 0) is 48.9 Å². The molecular formula is C19H19N3O3. The number of anilines is 1. The van der Waals surface area contributed by atoms with Crippen LogP contribution in [-0.2, 0) is 16.0 Å². The van der Waals surface area contributed by atoms with Crippen molar-refractivity contribution in [1.82, 2.24) is 5.32 Å². The van der Waals surface area contributed by atoms with Gasteiger partial charge in [-0.3, -0.25) is 24.6 Å². The Morgan fingerprint density at radius 1 is 1.16 bits per heavy atom. The summed E-state index contributed by atoms with van der Waals surface area (Å²) in [5, 5.41) is 4.27. The lowest BCUT2D eigenvalue weighted by Gasteiger charge is -2.30. The monoisotopic (exact) mass is 337 g/mol. The summed E-state index contributed by atoms with van der Waals surface area (Å²) in [5.41, 5.74) is 8.15. The van der Waals surface area contributed by atoms with E-state index in [1.807, 2.05) is 30.3 Å². The number of imide groups is 1. The molecule has 0 aromatic heterocycles. The predicted molar refractivity (Wildman–Crippen MR) is 94.3 cm³/mol. The van der Waals surface area contributed by atoms with Crippen LogP contribution in [-0.4, -0.2) is 30.3 Å². The Balaban J connectivity index is 1.81. The zero-order valence-electron chi connectivity index (χ0n) is 13.7. The lowest BCUT2D eigenvalue weighted by atomic mass is 9.97. The highest BCUT2D eigenvalue weighted by Crippen LogP contribution is 2.41. The maximum absolute atomic E-state index is 13.0. The molecule has 1 atom stereocenters. The van der Waals surface area contributed by atoms with E-state index < -0.39 is 11.9 Å². The van der Waals surface area contributed by atoms with E-state index in [9.17, 15) is 14.4 Å². The summed E-state index contributed by atoms with van der Waals surface area (Å²) in [6.07, 6.45) is 2.32. The Morgan fingerprint density at radius 3 is 2.76 bits per heavy atom. The van der Waals surface area contributed by atoms with Crippen LogP contribution in [0.15, 0.2) is 30.3 Å². The molecule has 2 aromatic carbocycles. The normalized spacial score (nSPS) is 19.6. The molecule has 4 rings (SSSR count). The van der Waals surface area contributed by atoms with Gasteiger partial charge in [0.2, 0.25) is 11.8 Å². The summed E-state index contributed by atoms with van der Waals surface area (Å²) < 4.78 is 0. The first kappa shape index (κ1) is 15.8. The fourth-order valence-electron chi connectivity index (χ4n) is 3.81. The molecule has 128 valence electrons. The van der Waals surface area contributed by atoms with Gasteiger partial charge in [0.05, 0.1) is 5.69 Å². The number of nitrogens with zero attached hydrogens (tertiary/aromatic N) is 1. The lowest BCUT2D eigenvalue weighted by molar-refractivity contribution is -0.134. The Labute approximate surface area is 145 Å². The van der Waals surface area contributed by atoms with E-state index in [2.05, 4.69) is 5.32 Å². The van der Waals surface area contributed by atoms with Crippen molar-refractivity contribution in [3.05, 3.63) is 41.5 Å². The van der Waals surface area contributed by atoms with Gasteiger partial charge in [-0.1, -0.05) is 18.2 Å². The van der Waals surface area contributed by atoms with E-state index in [0.717, 1.165) is 34.9 Å². The number of benzene rings is 2. The first-order valence-electron chi connectivity index (χ1n) is 8.53. The number of carbonyl (C=O) groups excluding carboxylic acids is 3. The summed E-state index contributed by atoms with van der Waals surface area (Å²) >= 11 is 0. The van der Waals surface area contributed by atoms with Crippen LogP contribution in [0.3, 0.4) is 0 Å². The van der Waals surface area contributed by atoms with Gasteiger partial charge < -0.3 is 5.73 Å². The fraction of sp³-hybridized carbons (Fsp3) is 0.316. The maximum Gasteiger partial charge on any atom is 0.259 e. The number of nitrogens with two attached hydrogens (primary N) is 1. The van der Waals surface area contributed by atoms with Crippen LogP contribution in [0.5, 0.6) is 0 Å². The third-order valence-electron chi connectivity index (χ3n) is 4.99. The van der Waals surface area contributed by atoms with Crippen LogP contribution in [0.4, 0.5) is 5.69 Å². The molecule has 3 N–H and O–H groups in total. The number of carbonyl (C=O) groups is 3. The standard InChI is InChI=1S/C19H19N3O3/c20-10-2-3-11-6-7-13-17-12(11)4-1-5-14(17)22(19(13)25)15-8-9-16(23)21-18(15)24/h1,4-7,15H,2-3,8-10,20H2,(H,21,23,24). The van der Waals surface area contributed by atoms with Gasteiger partial charge in [-0.2, -0.15) is 0 Å². The second-order valence-corrected chi connectivity index (χ2v) is 6.51. The van der Waals surface area contributed by atoms with E-state index in [-0.39, 0.29) is 18.2 Å². The lowest BCUT2D eigenvalue weighted by Crippen LogP contribution is -2.53. The summed E-state index contributed by atoms with van der Waals surface area (Å²) in [7, 11) is 0. The largest absolute Gasteiger partial charge is 0.330 e.